The summed E-state index contributed by atoms with van der Waals surface area (Å²) in [6, 6.07) is 8.96. The van der Waals surface area contributed by atoms with Gasteiger partial charge in [0.1, 0.15) is 5.82 Å². The van der Waals surface area contributed by atoms with Crippen molar-refractivity contribution >= 4 is 0 Å². The maximum absolute atomic E-state index is 13.4. The maximum Gasteiger partial charge on any atom is 0.417 e. The molecule has 0 saturated heterocycles. The summed E-state index contributed by atoms with van der Waals surface area (Å²) in [6.07, 6.45) is -4.53. The third-order valence-electron chi connectivity index (χ3n) is 4.38. The van der Waals surface area contributed by atoms with Crippen LogP contribution in [0.1, 0.15) is 25.2 Å². The Balaban J connectivity index is 2.02. The van der Waals surface area contributed by atoms with E-state index in [2.05, 4.69) is 10.2 Å². The first-order valence-corrected chi connectivity index (χ1v) is 8.63. The van der Waals surface area contributed by atoms with Crippen molar-refractivity contribution in [2.24, 2.45) is 7.05 Å². The summed E-state index contributed by atoms with van der Waals surface area (Å²) in [7, 11) is 2.94. The summed E-state index contributed by atoms with van der Waals surface area (Å²) in [5.41, 5.74) is -1.99. The number of rotatable bonds is 5. The predicted molar refractivity (Wildman–Crippen MR) is 98.0 cm³/mol. The summed E-state index contributed by atoms with van der Waals surface area (Å²) in [5, 5.41) is 8.03. The van der Waals surface area contributed by atoms with E-state index in [1.54, 1.807) is 20.9 Å². The Morgan fingerprint density at radius 3 is 2.31 bits per heavy atom. The Bertz CT molecular complexity index is 1030. The topological polar surface area (TPSA) is 49.2 Å². The van der Waals surface area contributed by atoms with Crippen LogP contribution in [0, 0.1) is 5.82 Å². The van der Waals surface area contributed by atoms with Crippen LogP contribution in [-0.2, 0) is 18.8 Å². The Hall–Kier alpha value is -3.10. The van der Waals surface area contributed by atoms with Crippen LogP contribution in [0.4, 0.5) is 17.6 Å². The first-order chi connectivity index (χ1) is 13.5. The molecule has 3 aromatic rings. The first kappa shape index (κ1) is 20.6. The minimum absolute atomic E-state index is 0.0515. The second kappa shape index (κ2) is 7.38. The van der Waals surface area contributed by atoms with Gasteiger partial charge in [0, 0.05) is 18.7 Å². The van der Waals surface area contributed by atoms with Crippen molar-refractivity contribution in [3.63, 3.8) is 0 Å². The smallest absolute Gasteiger partial charge is 0.417 e. The van der Waals surface area contributed by atoms with E-state index in [-0.39, 0.29) is 28.7 Å². The minimum atomic E-state index is -4.53. The number of alkyl halides is 3. The van der Waals surface area contributed by atoms with Crippen LogP contribution in [0.3, 0.4) is 0 Å². The molecule has 0 N–H and O–H groups in total. The lowest BCUT2D eigenvalue weighted by Crippen LogP contribution is -2.29. The SMILES string of the molecule is COc1cc(F)ccc1OC(C)(C)c1nnc(-c2ccccc2C(F)(F)F)n1C. The van der Waals surface area contributed by atoms with Crippen LogP contribution in [0.25, 0.3) is 11.4 Å². The molecule has 154 valence electrons. The van der Waals surface area contributed by atoms with Gasteiger partial charge in [-0.1, -0.05) is 18.2 Å². The third-order valence-corrected chi connectivity index (χ3v) is 4.38. The van der Waals surface area contributed by atoms with Crippen LogP contribution in [0.5, 0.6) is 11.5 Å². The summed E-state index contributed by atoms with van der Waals surface area (Å²) < 4.78 is 66.1. The van der Waals surface area contributed by atoms with Gasteiger partial charge in [-0.15, -0.1) is 10.2 Å². The van der Waals surface area contributed by atoms with E-state index in [0.717, 1.165) is 6.07 Å². The Morgan fingerprint density at radius 1 is 0.966 bits per heavy atom. The van der Waals surface area contributed by atoms with Crippen molar-refractivity contribution in [3.8, 4) is 22.9 Å². The zero-order chi connectivity index (χ0) is 21.4. The predicted octanol–water partition coefficient (Wildman–Crippen LogP) is 4.96. The van der Waals surface area contributed by atoms with E-state index < -0.39 is 23.2 Å². The Labute approximate surface area is 164 Å². The van der Waals surface area contributed by atoms with Crippen LogP contribution in [0.15, 0.2) is 42.5 Å². The first-order valence-electron chi connectivity index (χ1n) is 8.63. The summed E-state index contributed by atoms with van der Waals surface area (Å²) in [5.74, 6) is 0.297. The standard InChI is InChI=1S/C20H19F4N3O2/c1-19(2,29-15-10-9-12(21)11-16(15)28-4)18-26-25-17(27(18)3)13-7-5-6-8-14(13)20(22,23)24/h5-11H,1-4H3. The molecule has 0 aliphatic rings. The molecule has 0 aliphatic carbocycles. The van der Waals surface area contributed by atoms with Gasteiger partial charge >= 0.3 is 6.18 Å². The molecule has 0 aliphatic heterocycles. The van der Waals surface area contributed by atoms with Gasteiger partial charge in [-0.05, 0) is 32.0 Å². The number of nitrogens with zero attached hydrogens (tertiary/aromatic N) is 3. The summed E-state index contributed by atoms with van der Waals surface area (Å²) in [4.78, 5) is 0. The van der Waals surface area contributed by atoms with Gasteiger partial charge in [-0.3, -0.25) is 0 Å². The number of hydrogen-bond acceptors (Lipinski definition) is 4. The minimum Gasteiger partial charge on any atom is -0.493 e. The Morgan fingerprint density at radius 2 is 1.66 bits per heavy atom. The average molecular weight is 409 g/mol. The van der Waals surface area contributed by atoms with Crippen molar-refractivity contribution in [2.75, 3.05) is 7.11 Å². The van der Waals surface area contributed by atoms with Gasteiger partial charge in [-0.25, -0.2) is 4.39 Å². The molecule has 0 saturated carbocycles. The molecule has 29 heavy (non-hydrogen) atoms. The second-order valence-corrected chi connectivity index (χ2v) is 6.86. The highest BCUT2D eigenvalue weighted by atomic mass is 19.4. The van der Waals surface area contributed by atoms with Crippen molar-refractivity contribution in [3.05, 3.63) is 59.7 Å². The molecule has 0 fully saturated rings. The number of aromatic nitrogens is 3. The van der Waals surface area contributed by atoms with E-state index in [1.165, 1.54) is 48.1 Å². The van der Waals surface area contributed by atoms with Gasteiger partial charge in [0.25, 0.3) is 0 Å². The molecule has 3 rings (SSSR count). The van der Waals surface area contributed by atoms with Crippen molar-refractivity contribution < 1.29 is 27.0 Å². The number of methoxy groups -OCH3 is 1. The highest BCUT2D eigenvalue weighted by Gasteiger charge is 2.36. The summed E-state index contributed by atoms with van der Waals surface area (Å²) in [6.45, 7) is 3.36. The van der Waals surface area contributed by atoms with Crippen LogP contribution in [-0.4, -0.2) is 21.9 Å². The van der Waals surface area contributed by atoms with Crippen LogP contribution >= 0.6 is 0 Å². The normalized spacial score (nSPS) is 12.1. The lowest BCUT2D eigenvalue weighted by atomic mass is 10.1. The molecule has 0 amide bonds. The van der Waals surface area contributed by atoms with E-state index in [0.29, 0.717) is 0 Å². The van der Waals surface area contributed by atoms with Crippen LogP contribution < -0.4 is 9.47 Å². The molecule has 9 heteroatoms. The van der Waals surface area contributed by atoms with Gasteiger partial charge in [0.05, 0.1) is 12.7 Å². The zero-order valence-electron chi connectivity index (χ0n) is 16.2. The fourth-order valence-electron chi connectivity index (χ4n) is 3.06. The monoisotopic (exact) mass is 409 g/mol. The fourth-order valence-corrected chi connectivity index (χ4v) is 3.06. The lowest BCUT2D eigenvalue weighted by molar-refractivity contribution is -0.137. The number of hydrogen-bond donors (Lipinski definition) is 0. The molecule has 1 aromatic heterocycles. The molecule has 2 aromatic carbocycles. The largest absolute Gasteiger partial charge is 0.493 e. The number of benzene rings is 2. The van der Waals surface area contributed by atoms with E-state index in [9.17, 15) is 17.6 Å². The molecular weight excluding hydrogens is 390 g/mol. The Kier molecular flexibility index (Phi) is 5.25. The number of halogens is 4. The van der Waals surface area contributed by atoms with E-state index in [4.69, 9.17) is 9.47 Å². The maximum atomic E-state index is 13.4. The highest BCUT2D eigenvalue weighted by Crippen LogP contribution is 2.38. The fraction of sp³-hybridized carbons (Fsp3) is 0.300. The second-order valence-electron chi connectivity index (χ2n) is 6.86. The molecule has 0 radical (unpaired) electrons. The average Bonchev–Trinajstić information content (AvgIpc) is 3.04. The third kappa shape index (κ3) is 4.03. The molecule has 0 atom stereocenters. The van der Waals surface area contributed by atoms with Crippen molar-refractivity contribution in [1.29, 1.82) is 0 Å². The van der Waals surface area contributed by atoms with E-state index >= 15 is 0 Å². The molecule has 0 unspecified atom stereocenters. The van der Waals surface area contributed by atoms with Gasteiger partial charge in [-0.2, -0.15) is 13.2 Å². The quantitative estimate of drug-likeness (QED) is 0.559. The molecular formula is C20H19F4N3O2. The van der Waals surface area contributed by atoms with Crippen LogP contribution in [0.2, 0.25) is 0 Å². The molecule has 5 nitrogen and oxygen atoms in total. The molecule has 0 bridgehead atoms. The van der Waals surface area contributed by atoms with E-state index in [1.807, 2.05) is 0 Å². The highest BCUT2D eigenvalue weighted by molar-refractivity contribution is 5.61. The van der Waals surface area contributed by atoms with Gasteiger partial charge < -0.3 is 14.0 Å². The van der Waals surface area contributed by atoms with Crippen molar-refractivity contribution in [1.82, 2.24) is 14.8 Å². The zero-order valence-corrected chi connectivity index (χ0v) is 16.2. The molecule has 1 heterocycles. The lowest BCUT2D eigenvalue weighted by Gasteiger charge is -2.26. The van der Waals surface area contributed by atoms with Crippen molar-refractivity contribution in [2.45, 2.75) is 25.6 Å². The molecule has 0 spiro atoms. The van der Waals surface area contributed by atoms with Gasteiger partial charge in [0.2, 0.25) is 0 Å². The number of ether oxygens (including phenoxy) is 2. The van der Waals surface area contributed by atoms with Gasteiger partial charge in [0.15, 0.2) is 28.7 Å². The summed E-state index contributed by atoms with van der Waals surface area (Å²) >= 11 is 0.